The summed E-state index contributed by atoms with van der Waals surface area (Å²) in [5.41, 5.74) is 28.1. The molecule has 0 aliphatic heterocycles. The summed E-state index contributed by atoms with van der Waals surface area (Å²) in [7, 11) is 0. The molecule has 0 bridgehead atoms. The van der Waals surface area contributed by atoms with Crippen LogP contribution in [0.25, 0.3) is 50.1 Å². The molecule has 7 aromatic rings. The number of anilines is 3. The van der Waals surface area contributed by atoms with Gasteiger partial charge in [-0.25, -0.2) is 0 Å². The summed E-state index contributed by atoms with van der Waals surface area (Å²) < 4.78 is 0. The third kappa shape index (κ3) is 6.84. The van der Waals surface area contributed by atoms with Crippen molar-refractivity contribution in [2.45, 2.75) is 143 Å². The molecular weight excluding hydrogens is 807 g/mol. The molecule has 3 aliphatic carbocycles. The first-order chi connectivity index (χ1) is 31.2. The van der Waals surface area contributed by atoms with Crippen LogP contribution in [0.3, 0.4) is 0 Å². The number of hydrogen-bond donors (Lipinski definition) is 0. The highest BCUT2D eigenvalue weighted by Gasteiger charge is 2.43. The average Bonchev–Trinajstić information content (AvgIpc) is 3.74. The molecule has 1 heteroatoms. The van der Waals surface area contributed by atoms with E-state index in [0.717, 1.165) is 11.3 Å². The molecule has 10 rings (SSSR count). The Morgan fingerprint density at radius 1 is 0.403 bits per heavy atom. The lowest BCUT2D eigenvalue weighted by Crippen LogP contribution is -2.21. The first kappa shape index (κ1) is 44.9. The fourth-order valence-electron chi connectivity index (χ4n) is 11.7. The van der Waals surface area contributed by atoms with Gasteiger partial charge in [0.05, 0.1) is 11.4 Å². The molecule has 0 radical (unpaired) electrons. The van der Waals surface area contributed by atoms with Gasteiger partial charge in [0, 0.05) is 33.1 Å². The molecule has 0 unspecified atom stereocenters. The van der Waals surface area contributed by atoms with Crippen LogP contribution in [0.15, 0.2) is 134 Å². The van der Waals surface area contributed by atoms with Gasteiger partial charge in [0.1, 0.15) is 0 Å². The Hall–Kier alpha value is -5.92. The van der Waals surface area contributed by atoms with Crippen molar-refractivity contribution in [1.82, 2.24) is 0 Å². The lowest BCUT2D eigenvalue weighted by atomic mass is 9.77. The summed E-state index contributed by atoms with van der Waals surface area (Å²) in [5.74, 6) is 0. The van der Waals surface area contributed by atoms with Crippen molar-refractivity contribution in [3.05, 3.63) is 190 Å². The second kappa shape index (κ2) is 14.5. The van der Waals surface area contributed by atoms with Crippen LogP contribution in [0.4, 0.5) is 17.1 Å². The average molecular weight is 878 g/mol. The summed E-state index contributed by atoms with van der Waals surface area (Å²) in [4.78, 5) is 2.64. The van der Waals surface area contributed by atoms with Crippen molar-refractivity contribution in [2.75, 3.05) is 4.90 Å². The Bertz CT molecular complexity index is 3210. The van der Waals surface area contributed by atoms with E-state index in [0.29, 0.717) is 0 Å². The van der Waals surface area contributed by atoms with E-state index in [4.69, 9.17) is 0 Å². The van der Waals surface area contributed by atoms with Gasteiger partial charge in [0.2, 0.25) is 0 Å². The molecule has 0 spiro atoms. The van der Waals surface area contributed by atoms with E-state index < -0.39 is 0 Å². The van der Waals surface area contributed by atoms with Crippen molar-refractivity contribution >= 4 is 22.6 Å². The molecule has 0 fully saturated rings. The number of hydrogen-bond acceptors (Lipinski definition) is 1. The van der Waals surface area contributed by atoms with Crippen molar-refractivity contribution in [3.8, 4) is 44.5 Å². The highest BCUT2D eigenvalue weighted by molar-refractivity contribution is 6.02. The van der Waals surface area contributed by atoms with Gasteiger partial charge in [-0.05, 0) is 149 Å². The Morgan fingerprint density at radius 3 is 1.37 bits per heavy atom. The quantitative estimate of drug-likeness (QED) is 0.167. The lowest BCUT2D eigenvalue weighted by molar-refractivity contribution is 0.580. The van der Waals surface area contributed by atoms with E-state index in [1.54, 1.807) is 0 Å². The second-order valence-corrected chi connectivity index (χ2v) is 25.0. The standard InChI is InChI=1S/C66H71N/c1-39(2)42-33-55-59(49-30-25-43(61(3,4)5)35-53(49)65(55,14)15)57(34-42)67(46-27-22-40(23-28-46)41-24-29-48-47-20-18-19-21-51(47)64(12,13)52(48)32-41)58-38-45(63(9,10)11)37-56-60(58)50-31-26-44(62(6,7)8)36-54(50)66(56,16)17/h18-38H,1H2,2-17H3. The lowest BCUT2D eigenvalue weighted by Gasteiger charge is -2.34. The van der Waals surface area contributed by atoms with Gasteiger partial charge in [0.25, 0.3) is 0 Å². The molecule has 0 amide bonds. The number of allylic oxidation sites excluding steroid dienone is 1. The SMILES string of the molecule is C=C(C)c1cc(N(c2ccc(-c3ccc4c(c3)C(C)(C)c3ccccc3-4)cc2)c2cc(C(C)(C)C)cc3c2-c2ccc(C(C)(C)C)cc2C3(C)C)c2c(c1)C(C)(C)c1cc(C(C)(C)C)ccc1-2. The van der Waals surface area contributed by atoms with Gasteiger partial charge in [-0.3, -0.25) is 0 Å². The van der Waals surface area contributed by atoms with E-state index in [9.17, 15) is 0 Å². The monoisotopic (exact) mass is 878 g/mol. The zero-order valence-corrected chi connectivity index (χ0v) is 43.3. The van der Waals surface area contributed by atoms with Crippen molar-refractivity contribution in [1.29, 1.82) is 0 Å². The van der Waals surface area contributed by atoms with Crippen LogP contribution in [0, 0.1) is 0 Å². The van der Waals surface area contributed by atoms with Gasteiger partial charge < -0.3 is 4.90 Å². The highest BCUT2D eigenvalue weighted by atomic mass is 15.1. The molecule has 0 aromatic heterocycles. The molecule has 3 aliphatic rings. The minimum absolute atomic E-state index is 0.0267. The molecule has 1 nitrogen and oxygen atoms in total. The Labute approximate surface area is 403 Å². The molecule has 0 saturated carbocycles. The van der Waals surface area contributed by atoms with Gasteiger partial charge in [-0.1, -0.05) is 207 Å². The van der Waals surface area contributed by atoms with Crippen molar-refractivity contribution in [2.24, 2.45) is 0 Å². The number of nitrogens with zero attached hydrogens (tertiary/aromatic N) is 1. The maximum atomic E-state index is 4.60. The third-order valence-corrected chi connectivity index (χ3v) is 16.1. The van der Waals surface area contributed by atoms with E-state index in [1.807, 2.05) is 0 Å². The number of fused-ring (bicyclic) bond motifs is 9. The predicted molar refractivity (Wildman–Crippen MR) is 290 cm³/mol. The molecule has 7 aromatic carbocycles. The molecular formula is C66H71N. The van der Waals surface area contributed by atoms with Crippen LogP contribution in [0.2, 0.25) is 0 Å². The normalized spacial score (nSPS) is 15.9. The third-order valence-electron chi connectivity index (χ3n) is 16.1. The highest BCUT2D eigenvalue weighted by Crippen LogP contribution is 2.60. The first-order valence-electron chi connectivity index (χ1n) is 24.7. The molecule has 0 N–H and O–H groups in total. The summed E-state index contributed by atoms with van der Waals surface area (Å²) in [6.07, 6.45) is 0. The summed E-state index contributed by atoms with van der Waals surface area (Å²) in [5, 5.41) is 0. The zero-order valence-electron chi connectivity index (χ0n) is 43.3. The van der Waals surface area contributed by atoms with Crippen LogP contribution < -0.4 is 4.90 Å². The zero-order chi connectivity index (χ0) is 48.1. The molecule has 0 saturated heterocycles. The molecule has 0 heterocycles. The minimum atomic E-state index is -0.226. The van der Waals surface area contributed by atoms with Crippen LogP contribution >= 0.6 is 0 Å². The molecule has 67 heavy (non-hydrogen) atoms. The largest absolute Gasteiger partial charge is 0.309 e. The van der Waals surface area contributed by atoms with Gasteiger partial charge in [-0.15, -0.1) is 0 Å². The summed E-state index contributed by atoms with van der Waals surface area (Å²) in [6.45, 7) is 42.3. The topological polar surface area (TPSA) is 3.24 Å². The smallest absolute Gasteiger partial charge is 0.0549 e. The van der Waals surface area contributed by atoms with E-state index >= 15 is 0 Å². The van der Waals surface area contributed by atoms with Crippen LogP contribution in [0.5, 0.6) is 0 Å². The van der Waals surface area contributed by atoms with Crippen molar-refractivity contribution < 1.29 is 0 Å². The van der Waals surface area contributed by atoms with Crippen LogP contribution in [0.1, 0.15) is 166 Å². The Kier molecular flexibility index (Phi) is 9.74. The molecule has 0 atom stereocenters. The number of benzene rings is 7. The maximum Gasteiger partial charge on any atom is 0.0549 e. The van der Waals surface area contributed by atoms with E-state index in [2.05, 4.69) is 250 Å². The van der Waals surface area contributed by atoms with Gasteiger partial charge >= 0.3 is 0 Å². The minimum Gasteiger partial charge on any atom is -0.309 e. The summed E-state index contributed by atoms with van der Waals surface area (Å²) in [6, 6.07) is 50.1. The van der Waals surface area contributed by atoms with Crippen LogP contribution in [-0.4, -0.2) is 0 Å². The Morgan fingerprint density at radius 2 is 0.836 bits per heavy atom. The van der Waals surface area contributed by atoms with E-state index in [-0.39, 0.29) is 32.5 Å². The second-order valence-electron chi connectivity index (χ2n) is 25.0. The fraction of sp³-hybridized carbons (Fsp3) is 0.333. The Balaban J connectivity index is 1.26. The number of rotatable bonds is 5. The van der Waals surface area contributed by atoms with E-state index in [1.165, 1.54) is 112 Å². The summed E-state index contributed by atoms with van der Waals surface area (Å²) >= 11 is 0. The van der Waals surface area contributed by atoms with Gasteiger partial charge in [0.15, 0.2) is 0 Å². The fourth-order valence-corrected chi connectivity index (χ4v) is 11.7. The maximum absolute atomic E-state index is 4.60. The predicted octanol–water partition coefficient (Wildman–Crippen LogP) is 18.7. The van der Waals surface area contributed by atoms with Crippen molar-refractivity contribution in [3.63, 3.8) is 0 Å². The van der Waals surface area contributed by atoms with Crippen LogP contribution in [-0.2, 0) is 32.5 Å². The van der Waals surface area contributed by atoms with Gasteiger partial charge in [-0.2, -0.15) is 0 Å². The molecule has 340 valence electrons. The first-order valence-corrected chi connectivity index (χ1v) is 24.7.